The second-order valence-corrected chi connectivity index (χ2v) is 3.47. The van der Waals surface area contributed by atoms with E-state index in [-0.39, 0.29) is 6.04 Å². The lowest BCUT2D eigenvalue weighted by Gasteiger charge is -2.23. The molecule has 0 saturated carbocycles. The van der Waals surface area contributed by atoms with Crippen LogP contribution in [-0.2, 0) is 4.74 Å². The van der Waals surface area contributed by atoms with E-state index in [1.54, 1.807) is 0 Å². The zero-order chi connectivity index (χ0) is 8.81. The summed E-state index contributed by atoms with van der Waals surface area (Å²) in [7, 11) is 0. The van der Waals surface area contributed by atoms with Gasteiger partial charge in [0.25, 0.3) is 0 Å². The predicted octanol–water partition coefficient (Wildman–Crippen LogP) is 1.85. The number of nitrogens with two attached hydrogens (primary N) is 1. The van der Waals surface area contributed by atoms with E-state index < -0.39 is 0 Å². The molecule has 1 rings (SSSR count). The molecule has 1 aliphatic rings. The lowest BCUT2D eigenvalue weighted by molar-refractivity contribution is 0.00972. The molecule has 1 saturated heterocycles. The van der Waals surface area contributed by atoms with Crippen molar-refractivity contribution >= 4 is 0 Å². The molecule has 2 N–H and O–H groups in total. The Balaban J connectivity index is 2.08. The molecular formula is C10H19NO. The van der Waals surface area contributed by atoms with Crippen LogP contribution < -0.4 is 5.73 Å². The van der Waals surface area contributed by atoms with Crippen LogP contribution in [-0.4, -0.2) is 18.8 Å². The van der Waals surface area contributed by atoms with Crippen LogP contribution in [0.2, 0.25) is 0 Å². The van der Waals surface area contributed by atoms with Gasteiger partial charge in [0.15, 0.2) is 0 Å². The molecule has 1 heterocycles. The summed E-state index contributed by atoms with van der Waals surface area (Å²) in [6.07, 6.45) is 8.12. The van der Waals surface area contributed by atoms with Crippen molar-refractivity contribution in [3.05, 3.63) is 12.7 Å². The maximum Gasteiger partial charge on any atom is 0.0575 e. The molecule has 0 aromatic rings. The van der Waals surface area contributed by atoms with Gasteiger partial charge in [-0.25, -0.2) is 0 Å². The Labute approximate surface area is 74.8 Å². The number of hydrogen-bond donors (Lipinski definition) is 1. The molecule has 2 atom stereocenters. The summed E-state index contributed by atoms with van der Waals surface area (Å²) in [4.78, 5) is 0. The van der Waals surface area contributed by atoms with Gasteiger partial charge in [0.2, 0.25) is 0 Å². The smallest absolute Gasteiger partial charge is 0.0575 e. The third-order valence-electron chi connectivity index (χ3n) is 2.40. The van der Waals surface area contributed by atoms with Crippen molar-refractivity contribution in [2.45, 2.75) is 44.2 Å². The minimum Gasteiger partial charge on any atom is -0.378 e. The summed E-state index contributed by atoms with van der Waals surface area (Å²) < 4.78 is 5.58. The molecule has 2 unspecified atom stereocenters. The minimum atomic E-state index is 0.149. The van der Waals surface area contributed by atoms with Crippen LogP contribution in [0, 0.1) is 0 Å². The molecule has 12 heavy (non-hydrogen) atoms. The van der Waals surface area contributed by atoms with E-state index in [0.29, 0.717) is 6.10 Å². The van der Waals surface area contributed by atoms with Gasteiger partial charge in [-0.3, -0.25) is 0 Å². The van der Waals surface area contributed by atoms with Crippen molar-refractivity contribution in [2.24, 2.45) is 5.73 Å². The number of ether oxygens (including phenoxy) is 1. The number of hydrogen-bond acceptors (Lipinski definition) is 2. The summed E-state index contributed by atoms with van der Waals surface area (Å²) in [6, 6.07) is 0.149. The third kappa shape index (κ3) is 3.37. The van der Waals surface area contributed by atoms with Crippen LogP contribution in [0.25, 0.3) is 0 Å². The maximum atomic E-state index is 5.72. The molecule has 0 aromatic carbocycles. The molecule has 2 heteroatoms. The van der Waals surface area contributed by atoms with Gasteiger partial charge < -0.3 is 10.5 Å². The topological polar surface area (TPSA) is 35.2 Å². The standard InChI is InChI=1S/C10H19NO/c1-2-9(11)6-7-10-5-3-4-8-12-10/h2,9-10H,1,3-8,11H2. The van der Waals surface area contributed by atoms with E-state index in [1.807, 2.05) is 6.08 Å². The highest BCUT2D eigenvalue weighted by atomic mass is 16.5. The second-order valence-electron chi connectivity index (χ2n) is 3.47. The van der Waals surface area contributed by atoms with Crippen molar-refractivity contribution in [2.75, 3.05) is 6.61 Å². The fourth-order valence-corrected chi connectivity index (χ4v) is 1.53. The first-order valence-electron chi connectivity index (χ1n) is 4.82. The van der Waals surface area contributed by atoms with Crippen molar-refractivity contribution in [3.63, 3.8) is 0 Å². The van der Waals surface area contributed by atoms with Crippen molar-refractivity contribution in [1.29, 1.82) is 0 Å². The molecule has 0 bridgehead atoms. The van der Waals surface area contributed by atoms with Gasteiger partial charge in [-0.05, 0) is 32.1 Å². The van der Waals surface area contributed by atoms with E-state index >= 15 is 0 Å². The SMILES string of the molecule is C=CC(N)CCC1CCCCO1. The van der Waals surface area contributed by atoms with Crippen LogP contribution in [0.3, 0.4) is 0 Å². The summed E-state index contributed by atoms with van der Waals surface area (Å²) in [6.45, 7) is 4.60. The lowest BCUT2D eigenvalue weighted by atomic mass is 10.0. The van der Waals surface area contributed by atoms with E-state index in [9.17, 15) is 0 Å². The molecule has 0 amide bonds. The first-order valence-corrected chi connectivity index (χ1v) is 4.82. The number of rotatable bonds is 4. The van der Waals surface area contributed by atoms with Crippen LogP contribution >= 0.6 is 0 Å². The summed E-state index contributed by atoms with van der Waals surface area (Å²) in [5, 5.41) is 0. The summed E-state index contributed by atoms with van der Waals surface area (Å²) in [5.41, 5.74) is 5.72. The van der Waals surface area contributed by atoms with E-state index in [0.717, 1.165) is 19.4 Å². The first-order chi connectivity index (χ1) is 5.83. The molecule has 70 valence electrons. The fourth-order valence-electron chi connectivity index (χ4n) is 1.53. The molecular weight excluding hydrogens is 150 g/mol. The average molecular weight is 169 g/mol. The first kappa shape index (κ1) is 9.75. The Bertz CT molecular complexity index is 130. The van der Waals surface area contributed by atoms with Gasteiger partial charge in [-0.2, -0.15) is 0 Å². The molecule has 0 radical (unpaired) electrons. The summed E-state index contributed by atoms with van der Waals surface area (Å²) >= 11 is 0. The van der Waals surface area contributed by atoms with Gasteiger partial charge >= 0.3 is 0 Å². The average Bonchev–Trinajstić information content (AvgIpc) is 2.16. The van der Waals surface area contributed by atoms with E-state index in [2.05, 4.69) is 6.58 Å². The molecule has 1 fully saturated rings. The van der Waals surface area contributed by atoms with Crippen LogP contribution in [0.5, 0.6) is 0 Å². The van der Waals surface area contributed by atoms with Gasteiger partial charge in [0.05, 0.1) is 6.10 Å². The maximum absolute atomic E-state index is 5.72. The normalized spacial score (nSPS) is 26.6. The zero-order valence-corrected chi connectivity index (χ0v) is 7.67. The van der Waals surface area contributed by atoms with E-state index in [1.165, 1.54) is 19.3 Å². The van der Waals surface area contributed by atoms with Gasteiger partial charge in [-0.15, -0.1) is 6.58 Å². The molecule has 2 nitrogen and oxygen atoms in total. The minimum absolute atomic E-state index is 0.149. The monoisotopic (exact) mass is 169 g/mol. The molecule has 1 aliphatic heterocycles. The zero-order valence-electron chi connectivity index (χ0n) is 7.67. The van der Waals surface area contributed by atoms with Crippen LogP contribution in [0.1, 0.15) is 32.1 Å². The predicted molar refractivity (Wildman–Crippen MR) is 51.0 cm³/mol. The Morgan fingerprint density at radius 2 is 2.42 bits per heavy atom. The van der Waals surface area contributed by atoms with Gasteiger partial charge in [-0.1, -0.05) is 6.08 Å². The Morgan fingerprint density at radius 3 is 3.00 bits per heavy atom. The second kappa shape index (κ2) is 5.33. The van der Waals surface area contributed by atoms with Crippen molar-refractivity contribution in [3.8, 4) is 0 Å². The summed E-state index contributed by atoms with van der Waals surface area (Å²) in [5.74, 6) is 0. The van der Waals surface area contributed by atoms with Gasteiger partial charge in [0.1, 0.15) is 0 Å². The highest BCUT2D eigenvalue weighted by molar-refractivity contribution is 4.83. The Hall–Kier alpha value is -0.340. The highest BCUT2D eigenvalue weighted by Gasteiger charge is 2.13. The van der Waals surface area contributed by atoms with Crippen LogP contribution in [0.15, 0.2) is 12.7 Å². The highest BCUT2D eigenvalue weighted by Crippen LogP contribution is 2.17. The largest absolute Gasteiger partial charge is 0.378 e. The fraction of sp³-hybridized carbons (Fsp3) is 0.800. The van der Waals surface area contributed by atoms with Gasteiger partial charge in [0, 0.05) is 12.6 Å². The lowest BCUT2D eigenvalue weighted by Crippen LogP contribution is -2.23. The quantitative estimate of drug-likeness (QED) is 0.652. The molecule has 0 spiro atoms. The molecule has 0 aromatic heterocycles. The molecule has 0 aliphatic carbocycles. The van der Waals surface area contributed by atoms with Crippen LogP contribution in [0.4, 0.5) is 0 Å². The van der Waals surface area contributed by atoms with Crippen molar-refractivity contribution in [1.82, 2.24) is 0 Å². The third-order valence-corrected chi connectivity index (χ3v) is 2.40. The van der Waals surface area contributed by atoms with Crippen molar-refractivity contribution < 1.29 is 4.74 Å². The Kier molecular flexibility index (Phi) is 4.33. The van der Waals surface area contributed by atoms with E-state index in [4.69, 9.17) is 10.5 Å². The Morgan fingerprint density at radius 1 is 1.58 bits per heavy atom.